The highest BCUT2D eigenvalue weighted by Gasteiger charge is 2.04. The third kappa shape index (κ3) is 13.8. The first-order chi connectivity index (χ1) is 13.3. The van der Waals surface area contributed by atoms with E-state index in [4.69, 9.17) is 4.98 Å². The Morgan fingerprint density at radius 3 is 1.15 bits per heavy atom. The van der Waals surface area contributed by atoms with Crippen molar-refractivity contribution < 1.29 is 0 Å². The summed E-state index contributed by atoms with van der Waals surface area (Å²) in [5, 5.41) is 0. The van der Waals surface area contributed by atoms with Gasteiger partial charge in [-0.2, -0.15) is 0 Å². The fraction of sp³-hybridized carbons (Fsp3) is 0.875. The van der Waals surface area contributed by atoms with Gasteiger partial charge in [-0.05, 0) is 19.8 Å². The molecule has 3 heteroatoms. The van der Waals surface area contributed by atoms with Crippen molar-refractivity contribution in [2.24, 2.45) is 0 Å². The predicted molar refractivity (Wildman–Crippen MR) is 117 cm³/mol. The number of hydrogen-bond donors (Lipinski definition) is 0. The molecule has 0 aliphatic rings. The lowest BCUT2D eigenvalue weighted by Gasteiger charge is -2.06. The Labute approximate surface area is 169 Å². The van der Waals surface area contributed by atoms with Gasteiger partial charge in [-0.1, -0.05) is 104 Å². The lowest BCUT2D eigenvalue weighted by Crippen LogP contribution is -2.06. The molecule has 0 atom stereocenters. The smallest absolute Gasteiger partial charge is 0.132 e. The average Bonchev–Trinajstić information content (AvgIpc) is 2.65. The molecule has 1 rings (SSSR count). The Morgan fingerprint density at radius 1 is 0.444 bits per heavy atom. The third-order valence-corrected chi connectivity index (χ3v) is 5.35. The summed E-state index contributed by atoms with van der Waals surface area (Å²) in [4.78, 5) is 13.8. The normalized spacial score (nSPS) is 11.2. The topological polar surface area (TPSA) is 38.7 Å². The Bertz CT molecular complexity index is 421. The van der Waals surface area contributed by atoms with Crippen molar-refractivity contribution >= 4 is 0 Å². The van der Waals surface area contributed by atoms with Crippen LogP contribution in [0.4, 0.5) is 0 Å². The van der Waals surface area contributed by atoms with Gasteiger partial charge in [0.15, 0.2) is 0 Å². The van der Waals surface area contributed by atoms with Crippen LogP contribution in [0.3, 0.4) is 0 Å². The second kappa shape index (κ2) is 17.1. The van der Waals surface area contributed by atoms with Crippen molar-refractivity contribution in [1.29, 1.82) is 0 Å². The molecule has 0 saturated heterocycles. The summed E-state index contributed by atoms with van der Waals surface area (Å²) < 4.78 is 0. The second-order valence-electron chi connectivity index (χ2n) is 8.16. The fourth-order valence-electron chi connectivity index (χ4n) is 3.66. The summed E-state index contributed by atoms with van der Waals surface area (Å²) in [6.45, 7) is 6.56. The van der Waals surface area contributed by atoms with Crippen LogP contribution in [0.5, 0.6) is 0 Å². The first-order valence-corrected chi connectivity index (χ1v) is 12.0. The van der Waals surface area contributed by atoms with E-state index < -0.39 is 0 Å². The minimum Gasteiger partial charge on any atom is -0.218 e. The van der Waals surface area contributed by atoms with Crippen molar-refractivity contribution in [1.82, 2.24) is 15.0 Å². The number of aryl methyl sites for hydroxylation is 3. The summed E-state index contributed by atoms with van der Waals surface area (Å²) in [5.74, 6) is 2.93. The highest BCUT2D eigenvalue weighted by Crippen LogP contribution is 2.12. The minimum atomic E-state index is 0.897. The Balaban J connectivity index is 2.14. The van der Waals surface area contributed by atoms with Crippen LogP contribution in [0.1, 0.15) is 134 Å². The number of rotatable bonds is 18. The van der Waals surface area contributed by atoms with Crippen LogP contribution < -0.4 is 0 Å². The molecule has 3 nitrogen and oxygen atoms in total. The molecule has 0 radical (unpaired) electrons. The van der Waals surface area contributed by atoms with Gasteiger partial charge in [-0.3, -0.25) is 0 Å². The van der Waals surface area contributed by atoms with Crippen molar-refractivity contribution in [3.05, 3.63) is 17.5 Å². The van der Waals surface area contributed by atoms with E-state index in [1.165, 1.54) is 103 Å². The van der Waals surface area contributed by atoms with Crippen LogP contribution >= 0.6 is 0 Å². The van der Waals surface area contributed by atoms with Crippen molar-refractivity contribution in [3.8, 4) is 0 Å². The van der Waals surface area contributed by atoms with Crippen LogP contribution in [0.25, 0.3) is 0 Å². The molecule has 0 bridgehead atoms. The molecule has 0 fully saturated rings. The summed E-state index contributed by atoms with van der Waals surface area (Å²) in [7, 11) is 0. The van der Waals surface area contributed by atoms with E-state index in [-0.39, 0.29) is 0 Å². The van der Waals surface area contributed by atoms with Crippen LogP contribution in [0.15, 0.2) is 0 Å². The lowest BCUT2D eigenvalue weighted by molar-refractivity contribution is 0.564. The third-order valence-electron chi connectivity index (χ3n) is 5.35. The Hall–Kier alpha value is -0.990. The molecule has 0 aromatic carbocycles. The Kier molecular flexibility index (Phi) is 15.3. The van der Waals surface area contributed by atoms with Gasteiger partial charge in [0.25, 0.3) is 0 Å². The highest BCUT2D eigenvalue weighted by atomic mass is 15.0. The number of hydrogen-bond acceptors (Lipinski definition) is 3. The highest BCUT2D eigenvalue weighted by molar-refractivity contribution is 4.96. The molecule has 0 aliphatic heterocycles. The van der Waals surface area contributed by atoms with E-state index in [0.717, 1.165) is 30.3 Å². The SMILES string of the molecule is CCCCCCCCCCc1nc(C)nc(CCCCCCCCCC)n1. The van der Waals surface area contributed by atoms with E-state index in [1.54, 1.807) is 0 Å². The maximum atomic E-state index is 4.73. The molecule has 1 aromatic heterocycles. The first-order valence-electron chi connectivity index (χ1n) is 12.0. The molecule has 27 heavy (non-hydrogen) atoms. The van der Waals surface area contributed by atoms with Gasteiger partial charge in [-0.25, -0.2) is 15.0 Å². The van der Waals surface area contributed by atoms with Crippen molar-refractivity contribution in [2.75, 3.05) is 0 Å². The largest absolute Gasteiger partial charge is 0.218 e. The lowest BCUT2D eigenvalue weighted by atomic mass is 10.1. The maximum absolute atomic E-state index is 4.73. The van der Waals surface area contributed by atoms with Gasteiger partial charge in [0.05, 0.1) is 0 Å². The van der Waals surface area contributed by atoms with Gasteiger partial charge >= 0.3 is 0 Å². The van der Waals surface area contributed by atoms with Gasteiger partial charge in [0, 0.05) is 12.8 Å². The van der Waals surface area contributed by atoms with E-state index >= 15 is 0 Å². The summed E-state index contributed by atoms with van der Waals surface area (Å²) in [6, 6.07) is 0. The average molecular weight is 376 g/mol. The molecule has 0 spiro atoms. The molecule has 0 N–H and O–H groups in total. The molecule has 0 unspecified atom stereocenters. The van der Waals surface area contributed by atoms with Gasteiger partial charge in [0.2, 0.25) is 0 Å². The molecular formula is C24H45N3. The maximum Gasteiger partial charge on any atom is 0.132 e. The van der Waals surface area contributed by atoms with E-state index in [0.29, 0.717) is 0 Å². The Morgan fingerprint density at radius 2 is 0.778 bits per heavy atom. The molecule has 0 amide bonds. The zero-order valence-electron chi connectivity index (χ0n) is 18.6. The number of unbranched alkanes of at least 4 members (excludes halogenated alkanes) is 14. The van der Waals surface area contributed by atoms with E-state index in [2.05, 4.69) is 23.8 Å². The van der Waals surface area contributed by atoms with Gasteiger partial charge < -0.3 is 0 Å². The van der Waals surface area contributed by atoms with E-state index in [1.807, 2.05) is 6.92 Å². The molecule has 1 aromatic rings. The van der Waals surface area contributed by atoms with Crippen molar-refractivity contribution in [3.63, 3.8) is 0 Å². The van der Waals surface area contributed by atoms with Crippen molar-refractivity contribution in [2.45, 2.75) is 136 Å². The monoisotopic (exact) mass is 375 g/mol. The van der Waals surface area contributed by atoms with Gasteiger partial charge in [-0.15, -0.1) is 0 Å². The van der Waals surface area contributed by atoms with Crippen LogP contribution in [-0.4, -0.2) is 15.0 Å². The van der Waals surface area contributed by atoms with Crippen LogP contribution in [-0.2, 0) is 12.8 Å². The minimum absolute atomic E-state index is 0.897. The summed E-state index contributed by atoms with van der Waals surface area (Å²) in [5.41, 5.74) is 0. The zero-order chi connectivity index (χ0) is 19.6. The summed E-state index contributed by atoms with van der Waals surface area (Å²) >= 11 is 0. The summed E-state index contributed by atoms with van der Waals surface area (Å²) in [6.07, 6.45) is 23.7. The molecule has 0 aliphatic carbocycles. The number of nitrogens with zero attached hydrogens (tertiary/aromatic N) is 3. The van der Waals surface area contributed by atoms with Crippen LogP contribution in [0, 0.1) is 6.92 Å². The number of aromatic nitrogens is 3. The molecule has 0 saturated carbocycles. The fourth-order valence-corrected chi connectivity index (χ4v) is 3.66. The molecular weight excluding hydrogens is 330 g/mol. The van der Waals surface area contributed by atoms with Crippen LogP contribution in [0.2, 0.25) is 0 Å². The standard InChI is InChI=1S/C24H45N3/c1-4-6-8-10-12-14-16-18-20-23-25-22(3)26-24(27-23)21-19-17-15-13-11-9-7-5-2/h4-21H2,1-3H3. The van der Waals surface area contributed by atoms with E-state index in [9.17, 15) is 0 Å². The molecule has 1 heterocycles. The quantitative estimate of drug-likeness (QED) is 0.249. The first kappa shape index (κ1) is 24.0. The molecule has 156 valence electrons. The van der Waals surface area contributed by atoms with Gasteiger partial charge in [0.1, 0.15) is 17.5 Å². The zero-order valence-corrected chi connectivity index (χ0v) is 18.6. The second-order valence-corrected chi connectivity index (χ2v) is 8.16. The predicted octanol–water partition coefficient (Wildman–Crippen LogP) is 7.55.